The standard InChI is InChI=1S/C15H32N2O2/c1-7-10-13(2)17(5)12-9-8-11-15(3,16-4)14(18)19-6/h13,16H,7-12H2,1-6H3. The number of nitrogens with one attached hydrogen (secondary N) is 1. The molecule has 114 valence electrons. The number of rotatable bonds is 10. The van der Waals surface area contributed by atoms with Gasteiger partial charge in [0.2, 0.25) is 0 Å². The molecule has 2 unspecified atom stereocenters. The highest BCUT2D eigenvalue weighted by atomic mass is 16.5. The van der Waals surface area contributed by atoms with Crippen molar-refractivity contribution in [3.05, 3.63) is 0 Å². The van der Waals surface area contributed by atoms with E-state index in [0.29, 0.717) is 6.04 Å². The van der Waals surface area contributed by atoms with Crippen LogP contribution >= 0.6 is 0 Å². The van der Waals surface area contributed by atoms with Crippen LogP contribution in [0.25, 0.3) is 0 Å². The van der Waals surface area contributed by atoms with Gasteiger partial charge >= 0.3 is 5.97 Å². The average molecular weight is 272 g/mol. The van der Waals surface area contributed by atoms with Gasteiger partial charge in [0, 0.05) is 6.04 Å². The van der Waals surface area contributed by atoms with Gasteiger partial charge in [-0.15, -0.1) is 0 Å². The highest BCUT2D eigenvalue weighted by Crippen LogP contribution is 2.16. The third-order valence-electron chi connectivity index (χ3n) is 4.08. The second kappa shape index (κ2) is 9.32. The van der Waals surface area contributed by atoms with E-state index >= 15 is 0 Å². The number of methoxy groups -OCH3 is 1. The Morgan fingerprint density at radius 1 is 1.42 bits per heavy atom. The van der Waals surface area contributed by atoms with Gasteiger partial charge in [0.05, 0.1) is 7.11 Å². The summed E-state index contributed by atoms with van der Waals surface area (Å²) in [6, 6.07) is 0.640. The van der Waals surface area contributed by atoms with Gasteiger partial charge in [-0.2, -0.15) is 0 Å². The van der Waals surface area contributed by atoms with Gasteiger partial charge < -0.3 is 15.0 Å². The summed E-state index contributed by atoms with van der Waals surface area (Å²) in [4.78, 5) is 14.1. The van der Waals surface area contributed by atoms with E-state index in [1.807, 2.05) is 14.0 Å². The van der Waals surface area contributed by atoms with E-state index in [-0.39, 0.29) is 5.97 Å². The van der Waals surface area contributed by atoms with E-state index in [4.69, 9.17) is 4.74 Å². The minimum Gasteiger partial charge on any atom is -0.468 e. The molecule has 0 heterocycles. The Kier molecular flexibility index (Phi) is 9.02. The van der Waals surface area contributed by atoms with E-state index in [2.05, 4.69) is 31.1 Å². The van der Waals surface area contributed by atoms with Crippen LogP contribution in [0.15, 0.2) is 0 Å². The molecule has 0 rings (SSSR count). The van der Waals surface area contributed by atoms with Crippen molar-refractivity contribution in [1.82, 2.24) is 10.2 Å². The summed E-state index contributed by atoms with van der Waals surface area (Å²) >= 11 is 0. The molecule has 0 radical (unpaired) electrons. The van der Waals surface area contributed by atoms with Gasteiger partial charge in [0.1, 0.15) is 5.54 Å². The number of hydrogen-bond acceptors (Lipinski definition) is 4. The lowest BCUT2D eigenvalue weighted by molar-refractivity contribution is -0.148. The van der Waals surface area contributed by atoms with Crippen molar-refractivity contribution in [2.24, 2.45) is 0 Å². The summed E-state index contributed by atoms with van der Waals surface area (Å²) < 4.78 is 4.84. The molecule has 0 spiro atoms. The zero-order valence-electron chi connectivity index (χ0n) is 13.6. The molecule has 0 aliphatic carbocycles. The van der Waals surface area contributed by atoms with E-state index < -0.39 is 5.54 Å². The lowest BCUT2D eigenvalue weighted by Gasteiger charge is -2.27. The third-order valence-corrected chi connectivity index (χ3v) is 4.08. The number of carbonyl (C=O) groups excluding carboxylic acids is 1. The monoisotopic (exact) mass is 272 g/mol. The van der Waals surface area contributed by atoms with Crippen LogP contribution in [0.3, 0.4) is 0 Å². The van der Waals surface area contributed by atoms with E-state index in [1.165, 1.54) is 20.0 Å². The Morgan fingerprint density at radius 2 is 2.05 bits per heavy atom. The van der Waals surface area contributed by atoms with Crippen LogP contribution in [0.1, 0.15) is 52.9 Å². The predicted molar refractivity (Wildman–Crippen MR) is 80.3 cm³/mol. The van der Waals surface area contributed by atoms with Crippen molar-refractivity contribution >= 4 is 5.97 Å². The molecule has 4 heteroatoms. The molecular formula is C15H32N2O2. The largest absolute Gasteiger partial charge is 0.468 e. The van der Waals surface area contributed by atoms with Gasteiger partial charge in [-0.25, -0.2) is 0 Å². The molecule has 0 aliphatic heterocycles. The first kappa shape index (κ1) is 18.4. The van der Waals surface area contributed by atoms with Crippen molar-refractivity contribution in [2.45, 2.75) is 64.5 Å². The Labute approximate surface area is 118 Å². The Balaban J connectivity index is 3.99. The van der Waals surface area contributed by atoms with Crippen LogP contribution in [-0.2, 0) is 9.53 Å². The molecule has 0 bridgehead atoms. The Bertz CT molecular complexity index is 259. The topological polar surface area (TPSA) is 41.6 Å². The summed E-state index contributed by atoms with van der Waals surface area (Å²) in [6.45, 7) is 7.49. The number of ether oxygens (including phenoxy) is 1. The van der Waals surface area contributed by atoms with Crippen molar-refractivity contribution in [3.8, 4) is 0 Å². The summed E-state index contributed by atoms with van der Waals surface area (Å²) in [7, 11) is 5.43. The Morgan fingerprint density at radius 3 is 2.53 bits per heavy atom. The SMILES string of the molecule is CCCC(C)N(C)CCCCC(C)(NC)C(=O)OC. The maximum atomic E-state index is 11.7. The van der Waals surface area contributed by atoms with Crippen LogP contribution in [0, 0.1) is 0 Å². The summed E-state index contributed by atoms with van der Waals surface area (Å²) in [5.74, 6) is -0.178. The van der Waals surface area contributed by atoms with Gasteiger partial charge in [0.15, 0.2) is 0 Å². The first-order valence-corrected chi connectivity index (χ1v) is 7.38. The number of likely N-dealkylation sites (N-methyl/N-ethyl adjacent to an activating group) is 1. The van der Waals surface area contributed by atoms with Crippen molar-refractivity contribution < 1.29 is 9.53 Å². The molecule has 1 N–H and O–H groups in total. The Hall–Kier alpha value is -0.610. The maximum absolute atomic E-state index is 11.7. The predicted octanol–water partition coefficient (Wildman–Crippen LogP) is 2.43. The third kappa shape index (κ3) is 6.39. The van der Waals surface area contributed by atoms with Gasteiger partial charge in [-0.05, 0) is 60.2 Å². The van der Waals surface area contributed by atoms with Crippen LogP contribution in [0.4, 0.5) is 0 Å². The molecule has 0 aromatic rings. The minimum absolute atomic E-state index is 0.178. The van der Waals surface area contributed by atoms with Crippen molar-refractivity contribution in [3.63, 3.8) is 0 Å². The number of unbranched alkanes of at least 4 members (excludes halogenated alkanes) is 1. The smallest absolute Gasteiger partial charge is 0.325 e. The molecule has 0 fully saturated rings. The van der Waals surface area contributed by atoms with E-state index in [0.717, 1.165) is 25.8 Å². The molecule has 0 aromatic heterocycles. The van der Waals surface area contributed by atoms with Gasteiger partial charge in [-0.3, -0.25) is 4.79 Å². The molecule has 2 atom stereocenters. The number of esters is 1. The first-order chi connectivity index (χ1) is 8.91. The van der Waals surface area contributed by atoms with E-state index in [1.54, 1.807) is 0 Å². The maximum Gasteiger partial charge on any atom is 0.325 e. The fourth-order valence-corrected chi connectivity index (χ4v) is 2.25. The molecule has 0 amide bonds. The van der Waals surface area contributed by atoms with Crippen LogP contribution in [-0.4, -0.2) is 50.2 Å². The van der Waals surface area contributed by atoms with Crippen molar-refractivity contribution in [1.29, 1.82) is 0 Å². The summed E-state index contributed by atoms with van der Waals surface area (Å²) in [6.07, 6.45) is 5.42. The van der Waals surface area contributed by atoms with Gasteiger partial charge in [-0.1, -0.05) is 13.3 Å². The van der Waals surface area contributed by atoms with Crippen LogP contribution in [0.2, 0.25) is 0 Å². The van der Waals surface area contributed by atoms with Crippen LogP contribution in [0.5, 0.6) is 0 Å². The second-order valence-electron chi connectivity index (χ2n) is 5.65. The lowest BCUT2D eigenvalue weighted by atomic mass is 9.95. The van der Waals surface area contributed by atoms with Crippen LogP contribution < -0.4 is 5.32 Å². The summed E-state index contributed by atoms with van der Waals surface area (Å²) in [5.41, 5.74) is -0.553. The summed E-state index contributed by atoms with van der Waals surface area (Å²) in [5, 5.41) is 3.07. The highest BCUT2D eigenvalue weighted by Gasteiger charge is 2.31. The zero-order chi connectivity index (χ0) is 14.9. The molecular weight excluding hydrogens is 240 g/mol. The minimum atomic E-state index is -0.553. The molecule has 0 saturated carbocycles. The fraction of sp³-hybridized carbons (Fsp3) is 0.933. The second-order valence-corrected chi connectivity index (χ2v) is 5.65. The van der Waals surface area contributed by atoms with E-state index in [9.17, 15) is 4.79 Å². The fourth-order valence-electron chi connectivity index (χ4n) is 2.25. The highest BCUT2D eigenvalue weighted by molar-refractivity contribution is 5.80. The van der Waals surface area contributed by atoms with Crippen molar-refractivity contribution in [2.75, 3.05) is 27.7 Å². The molecule has 4 nitrogen and oxygen atoms in total. The normalized spacial score (nSPS) is 16.2. The first-order valence-electron chi connectivity index (χ1n) is 7.38. The molecule has 19 heavy (non-hydrogen) atoms. The quantitative estimate of drug-likeness (QED) is 0.490. The molecule has 0 aliphatic rings. The lowest BCUT2D eigenvalue weighted by Crippen LogP contribution is -2.48. The molecule has 0 saturated heterocycles. The zero-order valence-corrected chi connectivity index (χ0v) is 13.6. The number of nitrogens with zero attached hydrogens (tertiary/aromatic N) is 1. The molecule has 0 aromatic carbocycles. The number of carbonyl (C=O) groups is 1. The van der Waals surface area contributed by atoms with Gasteiger partial charge in [0.25, 0.3) is 0 Å². The number of hydrogen-bond donors (Lipinski definition) is 1. The average Bonchev–Trinajstić information content (AvgIpc) is 2.42.